The molecular formula is C36H39N7O3. The molecule has 0 unspecified atom stereocenters. The predicted octanol–water partition coefficient (Wildman–Crippen LogP) is 5.05. The van der Waals surface area contributed by atoms with E-state index in [1.165, 1.54) is 16.5 Å². The molecule has 3 aliphatic rings. The maximum Gasteiger partial charge on any atom is 0.410 e. The van der Waals surface area contributed by atoms with E-state index < -0.39 is 6.09 Å². The topological polar surface area (TPSA) is 121 Å². The van der Waals surface area contributed by atoms with E-state index in [4.69, 9.17) is 25.2 Å². The molecule has 0 spiro atoms. The van der Waals surface area contributed by atoms with Crippen molar-refractivity contribution in [2.75, 3.05) is 49.1 Å². The zero-order valence-corrected chi connectivity index (χ0v) is 26.0. The summed E-state index contributed by atoms with van der Waals surface area (Å²) in [5, 5.41) is 12.1. The van der Waals surface area contributed by atoms with Gasteiger partial charge in [0.25, 0.3) is 0 Å². The molecule has 1 amide bonds. The first-order valence-corrected chi connectivity index (χ1v) is 16.1. The summed E-state index contributed by atoms with van der Waals surface area (Å²) in [7, 11) is 0. The highest BCUT2D eigenvalue weighted by Gasteiger charge is 2.42. The molecule has 10 heteroatoms. The molecule has 2 fully saturated rings. The number of carbonyl (C=O) groups excluding carboxylic acids is 1. The van der Waals surface area contributed by atoms with Gasteiger partial charge in [-0.15, -0.1) is 0 Å². The minimum atomic E-state index is -0.403. The summed E-state index contributed by atoms with van der Waals surface area (Å²) in [6.07, 6.45) is 2.66. The van der Waals surface area contributed by atoms with Crippen molar-refractivity contribution in [2.45, 2.75) is 44.9 Å². The van der Waals surface area contributed by atoms with Crippen LogP contribution in [-0.2, 0) is 24.3 Å². The van der Waals surface area contributed by atoms with Crippen molar-refractivity contribution in [1.29, 1.82) is 5.26 Å². The number of benzene rings is 3. The van der Waals surface area contributed by atoms with Gasteiger partial charge in [0.05, 0.1) is 37.4 Å². The van der Waals surface area contributed by atoms with Crippen molar-refractivity contribution in [3.8, 4) is 12.1 Å². The maximum absolute atomic E-state index is 13.2. The third-order valence-corrected chi connectivity index (χ3v) is 9.58. The highest BCUT2D eigenvalue weighted by Crippen LogP contribution is 2.44. The first kappa shape index (κ1) is 29.8. The molecule has 4 aromatic rings. The zero-order valence-electron chi connectivity index (χ0n) is 26.0. The molecule has 7 rings (SSSR count). The van der Waals surface area contributed by atoms with Crippen molar-refractivity contribution in [3.63, 3.8) is 0 Å². The van der Waals surface area contributed by atoms with Gasteiger partial charge in [-0.05, 0) is 36.3 Å². The lowest BCUT2D eigenvalue weighted by atomic mass is 10.0. The van der Waals surface area contributed by atoms with Gasteiger partial charge in [0.2, 0.25) is 0 Å². The summed E-state index contributed by atoms with van der Waals surface area (Å²) in [4.78, 5) is 29.4. The Hall–Kier alpha value is -4.88. The third-order valence-electron chi connectivity index (χ3n) is 9.58. The van der Waals surface area contributed by atoms with E-state index in [0.717, 1.165) is 48.4 Å². The number of amides is 1. The number of nitriles is 1. The molecule has 10 nitrogen and oxygen atoms in total. The van der Waals surface area contributed by atoms with E-state index in [0.29, 0.717) is 45.3 Å². The number of aromatic nitrogens is 2. The van der Waals surface area contributed by atoms with Gasteiger partial charge in [0.1, 0.15) is 12.4 Å². The Labute approximate surface area is 269 Å². The van der Waals surface area contributed by atoms with Crippen LogP contribution < -0.4 is 20.3 Å². The monoisotopic (exact) mass is 617 g/mol. The van der Waals surface area contributed by atoms with E-state index in [9.17, 15) is 10.1 Å². The normalized spacial score (nSPS) is 18.5. The fourth-order valence-corrected chi connectivity index (χ4v) is 6.58. The Morgan fingerprint density at radius 3 is 2.59 bits per heavy atom. The first-order chi connectivity index (χ1) is 22.6. The van der Waals surface area contributed by atoms with Gasteiger partial charge in [-0.1, -0.05) is 66.7 Å². The second kappa shape index (κ2) is 12.9. The van der Waals surface area contributed by atoms with Crippen molar-refractivity contribution in [3.05, 3.63) is 89.6 Å². The van der Waals surface area contributed by atoms with Crippen LogP contribution in [-0.4, -0.2) is 66.3 Å². The Morgan fingerprint density at radius 2 is 1.78 bits per heavy atom. The number of carbonyl (C=O) groups is 1. The molecule has 0 bridgehead atoms. The zero-order chi connectivity index (χ0) is 31.5. The molecule has 0 radical (unpaired) electrons. The number of hydrogen-bond donors (Lipinski definition) is 1. The molecule has 2 aliphatic heterocycles. The van der Waals surface area contributed by atoms with Gasteiger partial charge in [-0.3, -0.25) is 0 Å². The van der Waals surface area contributed by atoms with E-state index in [1.807, 2.05) is 30.3 Å². The summed E-state index contributed by atoms with van der Waals surface area (Å²) in [6.45, 7) is 4.17. The second-order valence-electron chi connectivity index (χ2n) is 12.6. The van der Waals surface area contributed by atoms with E-state index >= 15 is 0 Å². The van der Waals surface area contributed by atoms with Crippen molar-refractivity contribution in [1.82, 2.24) is 14.9 Å². The number of nitrogens with two attached hydrogens (primary N) is 1. The van der Waals surface area contributed by atoms with Crippen LogP contribution in [0.25, 0.3) is 10.8 Å². The van der Waals surface area contributed by atoms with Crippen LogP contribution in [0.1, 0.15) is 36.1 Å². The van der Waals surface area contributed by atoms with Crippen molar-refractivity contribution >= 4 is 28.4 Å². The fraction of sp³-hybridized carbons (Fsp3) is 0.389. The quantitative estimate of drug-likeness (QED) is 0.275. The van der Waals surface area contributed by atoms with Crippen molar-refractivity contribution < 1.29 is 14.3 Å². The van der Waals surface area contributed by atoms with Gasteiger partial charge < -0.3 is 29.9 Å². The first-order valence-electron chi connectivity index (χ1n) is 16.1. The maximum atomic E-state index is 13.2. The van der Waals surface area contributed by atoms with Crippen LogP contribution >= 0.6 is 0 Å². The lowest BCUT2D eigenvalue weighted by Gasteiger charge is -2.42. The number of hydrogen-bond acceptors (Lipinski definition) is 9. The van der Waals surface area contributed by atoms with Crippen LogP contribution in [0.4, 0.5) is 16.3 Å². The number of rotatable bonds is 9. The van der Waals surface area contributed by atoms with Crippen molar-refractivity contribution in [2.24, 2.45) is 11.1 Å². The summed E-state index contributed by atoms with van der Waals surface area (Å²) in [6, 6.07) is 26.8. The van der Waals surface area contributed by atoms with Crippen LogP contribution in [0.15, 0.2) is 72.8 Å². The average Bonchev–Trinajstić information content (AvgIpc) is 3.90. The number of fused-ring (bicyclic) bond motifs is 2. The van der Waals surface area contributed by atoms with Crippen LogP contribution in [0.3, 0.4) is 0 Å². The Balaban J connectivity index is 1.15. The Bertz CT molecular complexity index is 1750. The highest BCUT2D eigenvalue weighted by molar-refractivity contribution is 5.94. The molecule has 1 aliphatic carbocycles. The summed E-state index contributed by atoms with van der Waals surface area (Å²) < 4.78 is 11.9. The molecule has 236 valence electrons. The Kier molecular flexibility index (Phi) is 8.33. The number of nitrogens with zero attached hydrogens (tertiary/aromatic N) is 6. The van der Waals surface area contributed by atoms with Gasteiger partial charge in [-0.25, -0.2) is 4.79 Å². The summed E-state index contributed by atoms with van der Waals surface area (Å²) in [5.41, 5.74) is 10.2. The molecule has 3 heterocycles. The SMILES string of the molecule is N#CC[C@H]1CN(c2nc(OCC3(CN)CC3)nc3c2CCN(c2cccc4ccccc24)C3)CCN1C(=O)OCc1ccccc1. The molecule has 46 heavy (non-hydrogen) atoms. The van der Waals surface area contributed by atoms with Crippen LogP contribution in [0, 0.1) is 16.7 Å². The van der Waals surface area contributed by atoms with Gasteiger partial charge >= 0.3 is 12.1 Å². The lowest BCUT2D eigenvalue weighted by Crippen LogP contribution is -2.55. The number of anilines is 2. The minimum absolute atomic E-state index is 0.0119. The molecule has 2 N–H and O–H groups in total. The standard InChI is InChI=1S/C36H39N7O3/c37-17-13-28-21-42(19-20-43(28)35(44)45-23-26-7-2-1-3-8-26)33-30-14-18-41(32-12-6-10-27-9-4-5-11-29(27)32)22-31(30)39-34(40-33)46-25-36(24-38)15-16-36/h1-12,28H,13-16,18-25,38H2/t28-/m0/s1. The molecule has 1 aromatic heterocycles. The average molecular weight is 618 g/mol. The minimum Gasteiger partial charge on any atom is -0.463 e. The van der Waals surface area contributed by atoms with Gasteiger partial charge in [-0.2, -0.15) is 15.2 Å². The molecular weight excluding hydrogens is 578 g/mol. The van der Waals surface area contributed by atoms with E-state index in [2.05, 4.69) is 58.3 Å². The molecule has 1 saturated carbocycles. The lowest BCUT2D eigenvalue weighted by molar-refractivity contribution is 0.0767. The third kappa shape index (κ3) is 6.15. The van der Waals surface area contributed by atoms with E-state index in [1.54, 1.807) is 4.90 Å². The highest BCUT2D eigenvalue weighted by atomic mass is 16.6. The second-order valence-corrected chi connectivity index (χ2v) is 12.6. The van der Waals surface area contributed by atoms with Gasteiger partial charge in [0.15, 0.2) is 0 Å². The number of ether oxygens (including phenoxy) is 2. The smallest absolute Gasteiger partial charge is 0.410 e. The largest absolute Gasteiger partial charge is 0.463 e. The number of piperazine rings is 1. The summed E-state index contributed by atoms with van der Waals surface area (Å²) >= 11 is 0. The van der Waals surface area contributed by atoms with Crippen LogP contribution in [0.5, 0.6) is 6.01 Å². The molecule has 3 aromatic carbocycles. The van der Waals surface area contributed by atoms with Crippen LogP contribution in [0.2, 0.25) is 0 Å². The van der Waals surface area contributed by atoms with E-state index in [-0.39, 0.29) is 24.5 Å². The summed E-state index contributed by atoms with van der Waals surface area (Å²) in [5.74, 6) is 0.829. The van der Waals surface area contributed by atoms with Gasteiger partial charge in [0, 0.05) is 54.8 Å². The fourth-order valence-electron chi connectivity index (χ4n) is 6.58. The molecule has 1 atom stereocenters. The molecule has 1 saturated heterocycles. The predicted molar refractivity (Wildman–Crippen MR) is 177 cm³/mol. The Morgan fingerprint density at radius 1 is 0.978 bits per heavy atom.